The summed E-state index contributed by atoms with van der Waals surface area (Å²) in [6.45, 7) is 2.65. The van der Waals surface area contributed by atoms with Crippen molar-refractivity contribution in [1.82, 2.24) is 4.98 Å². The van der Waals surface area contributed by atoms with Crippen LogP contribution >= 0.6 is 11.3 Å². The summed E-state index contributed by atoms with van der Waals surface area (Å²) in [7, 11) is 0. The standard InChI is InChI=1S/C14H13N3O5S/c1-8-15-10(7-23-8)14(18)16-9-5-12-13(6-11(9)17(19)20)22-4-2-3-21-12/h5-7H,2-4H2,1H3,(H,16,18). The van der Waals surface area contributed by atoms with Crippen molar-refractivity contribution in [3.05, 3.63) is 38.3 Å². The Morgan fingerprint density at radius 3 is 2.65 bits per heavy atom. The van der Waals surface area contributed by atoms with Crippen LogP contribution in [0.1, 0.15) is 21.9 Å². The molecular formula is C14H13N3O5S. The normalized spacial score (nSPS) is 13.3. The van der Waals surface area contributed by atoms with Gasteiger partial charge < -0.3 is 14.8 Å². The lowest BCUT2D eigenvalue weighted by atomic mass is 10.2. The molecule has 0 atom stereocenters. The largest absolute Gasteiger partial charge is 0.489 e. The summed E-state index contributed by atoms with van der Waals surface area (Å²) in [6, 6.07) is 2.68. The van der Waals surface area contributed by atoms with Gasteiger partial charge in [-0.15, -0.1) is 11.3 Å². The number of nitro groups is 1. The number of rotatable bonds is 3. The molecule has 0 bridgehead atoms. The molecule has 0 radical (unpaired) electrons. The molecule has 0 fully saturated rings. The van der Waals surface area contributed by atoms with Gasteiger partial charge in [-0.25, -0.2) is 4.98 Å². The molecule has 2 aromatic rings. The molecule has 0 spiro atoms. The van der Waals surface area contributed by atoms with E-state index in [1.165, 1.54) is 23.5 Å². The average Bonchev–Trinajstić information content (AvgIpc) is 2.81. The summed E-state index contributed by atoms with van der Waals surface area (Å²) in [5.74, 6) is 0.168. The fraction of sp³-hybridized carbons (Fsp3) is 0.286. The lowest BCUT2D eigenvalue weighted by Gasteiger charge is -2.10. The van der Waals surface area contributed by atoms with Gasteiger partial charge in [0.2, 0.25) is 0 Å². The molecule has 1 N–H and O–H groups in total. The maximum atomic E-state index is 12.2. The van der Waals surface area contributed by atoms with Crippen LogP contribution in [0.2, 0.25) is 0 Å². The Hall–Kier alpha value is -2.68. The summed E-state index contributed by atoms with van der Waals surface area (Å²) in [5.41, 5.74) is 0.0124. The van der Waals surface area contributed by atoms with Gasteiger partial charge in [0.25, 0.3) is 11.6 Å². The number of ether oxygens (including phenoxy) is 2. The number of thiazole rings is 1. The fourth-order valence-corrected chi connectivity index (χ4v) is 2.70. The summed E-state index contributed by atoms with van der Waals surface area (Å²) in [4.78, 5) is 26.9. The third kappa shape index (κ3) is 3.24. The molecule has 1 aliphatic heterocycles. The minimum atomic E-state index is -0.573. The van der Waals surface area contributed by atoms with E-state index in [2.05, 4.69) is 10.3 Å². The summed E-state index contributed by atoms with van der Waals surface area (Å²) >= 11 is 1.33. The molecule has 23 heavy (non-hydrogen) atoms. The first kappa shape index (κ1) is 15.2. The molecule has 9 heteroatoms. The number of anilines is 1. The van der Waals surface area contributed by atoms with Crippen LogP contribution in [-0.2, 0) is 0 Å². The minimum Gasteiger partial charge on any atom is -0.489 e. The highest BCUT2D eigenvalue weighted by atomic mass is 32.1. The van der Waals surface area contributed by atoms with Crippen molar-refractivity contribution in [2.75, 3.05) is 18.5 Å². The Labute approximate surface area is 135 Å². The topological polar surface area (TPSA) is 104 Å². The SMILES string of the molecule is Cc1nc(C(=O)Nc2cc3c(cc2[N+](=O)[O-])OCCCO3)cs1. The molecule has 2 heterocycles. The zero-order chi connectivity index (χ0) is 16.4. The third-order valence-corrected chi connectivity index (χ3v) is 3.94. The number of nitrogens with one attached hydrogen (secondary N) is 1. The number of aromatic nitrogens is 1. The van der Waals surface area contributed by atoms with Gasteiger partial charge in [0, 0.05) is 17.9 Å². The Balaban J connectivity index is 1.95. The number of fused-ring (bicyclic) bond motifs is 1. The number of hydrogen-bond acceptors (Lipinski definition) is 7. The first-order valence-corrected chi connectivity index (χ1v) is 7.74. The van der Waals surface area contributed by atoms with Crippen molar-refractivity contribution >= 4 is 28.6 Å². The van der Waals surface area contributed by atoms with E-state index in [4.69, 9.17) is 9.47 Å². The van der Waals surface area contributed by atoms with E-state index in [0.29, 0.717) is 31.1 Å². The van der Waals surface area contributed by atoms with Crippen molar-refractivity contribution < 1.29 is 19.2 Å². The van der Waals surface area contributed by atoms with Gasteiger partial charge in [0.15, 0.2) is 11.5 Å². The van der Waals surface area contributed by atoms with Crippen molar-refractivity contribution in [2.45, 2.75) is 13.3 Å². The number of nitro benzene ring substituents is 1. The molecule has 8 nitrogen and oxygen atoms in total. The number of nitrogens with zero attached hydrogens (tertiary/aromatic N) is 2. The number of hydrogen-bond donors (Lipinski definition) is 1. The van der Waals surface area contributed by atoms with E-state index in [1.54, 1.807) is 12.3 Å². The van der Waals surface area contributed by atoms with Crippen LogP contribution in [0.5, 0.6) is 11.5 Å². The van der Waals surface area contributed by atoms with Crippen LogP contribution in [0.3, 0.4) is 0 Å². The zero-order valence-corrected chi connectivity index (χ0v) is 13.0. The van der Waals surface area contributed by atoms with Gasteiger partial charge in [-0.2, -0.15) is 0 Å². The summed E-state index contributed by atoms with van der Waals surface area (Å²) in [6.07, 6.45) is 0.683. The zero-order valence-electron chi connectivity index (χ0n) is 12.2. The van der Waals surface area contributed by atoms with E-state index < -0.39 is 10.8 Å². The van der Waals surface area contributed by atoms with Gasteiger partial charge in [0.1, 0.15) is 11.4 Å². The van der Waals surface area contributed by atoms with Gasteiger partial charge in [0.05, 0.1) is 29.2 Å². The molecule has 3 rings (SSSR count). The van der Waals surface area contributed by atoms with Gasteiger partial charge in [-0.05, 0) is 6.92 Å². The Kier molecular flexibility index (Phi) is 4.11. The quantitative estimate of drug-likeness (QED) is 0.683. The maximum absolute atomic E-state index is 12.2. The average molecular weight is 335 g/mol. The van der Waals surface area contributed by atoms with Crippen LogP contribution in [0.25, 0.3) is 0 Å². The first-order valence-electron chi connectivity index (χ1n) is 6.86. The highest BCUT2D eigenvalue weighted by molar-refractivity contribution is 7.09. The highest BCUT2D eigenvalue weighted by Crippen LogP contribution is 2.39. The monoisotopic (exact) mass is 335 g/mol. The summed E-state index contributed by atoms with van der Waals surface area (Å²) in [5, 5.41) is 16.1. The van der Waals surface area contributed by atoms with Crippen LogP contribution in [0.15, 0.2) is 17.5 Å². The highest BCUT2D eigenvalue weighted by Gasteiger charge is 2.23. The van der Waals surface area contributed by atoms with Gasteiger partial charge in [-0.3, -0.25) is 14.9 Å². The first-order chi connectivity index (χ1) is 11.0. The summed E-state index contributed by atoms with van der Waals surface area (Å²) < 4.78 is 10.9. The van der Waals surface area contributed by atoms with Crippen LogP contribution in [-0.4, -0.2) is 29.0 Å². The number of aryl methyl sites for hydroxylation is 1. The molecule has 0 saturated carbocycles. The predicted octanol–water partition coefficient (Wildman–Crippen LogP) is 2.77. The van der Waals surface area contributed by atoms with Crippen molar-refractivity contribution in [3.8, 4) is 11.5 Å². The molecule has 120 valence electrons. The predicted molar refractivity (Wildman–Crippen MR) is 83.5 cm³/mol. The Bertz CT molecular complexity index is 774. The van der Waals surface area contributed by atoms with Crippen molar-refractivity contribution in [2.24, 2.45) is 0 Å². The molecular weight excluding hydrogens is 322 g/mol. The van der Waals surface area contributed by atoms with Crippen LogP contribution < -0.4 is 14.8 Å². The molecule has 0 aliphatic carbocycles. The van der Waals surface area contributed by atoms with Gasteiger partial charge >= 0.3 is 0 Å². The molecule has 1 aromatic carbocycles. The molecule has 1 aromatic heterocycles. The lowest BCUT2D eigenvalue weighted by Crippen LogP contribution is -2.14. The van der Waals surface area contributed by atoms with E-state index in [-0.39, 0.29) is 17.1 Å². The Morgan fingerprint density at radius 2 is 2.04 bits per heavy atom. The van der Waals surface area contributed by atoms with Crippen LogP contribution in [0, 0.1) is 17.0 Å². The molecule has 0 unspecified atom stereocenters. The van der Waals surface area contributed by atoms with Crippen molar-refractivity contribution in [3.63, 3.8) is 0 Å². The van der Waals surface area contributed by atoms with Gasteiger partial charge in [-0.1, -0.05) is 0 Å². The minimum absolute atomic E-state index is 0.0508. The lowest BCUT2D eigenvalue weighted by molar-refractivity contribution is -0.384. The Morgan fingerprint density at radius 1 is 1.35 bits per heavy atom. The molecule has 1 aliphatic rings. The second kappa shape index (κ2) is 6.21. The van der Waals surface area contributed by atoms with E-state index in [9.17, 15) is 14.9 Å². The van der Waals surface area contributed by atoms with Crippen molar-refractivity contribution in [1.29, 1.82) is 0 Å². The fourth-order valence-electron chi connectivity index (χ4n) is 2.10. The molecule has 1 amide bonds. The van der Waals surface area contributed by atoms with Crippen LogP contribution in [0.4, 0.5) is 11.4 Å². The number of carbonyl (C=O) groups is 1. The smallest absolute Gasteiger partial charge is 0.296 e. The van der Waals surface area contributed by atoms with E-state index >= 15 is 0 Å². The maximum Gasteiger partial charge on any atom is 0.296 e. The second-order valence-electron chi connectivity index (χ2n) is 4.83. The third-order valence-electron chi connectivity index (χ3n) is 3.16. The van der Waals surface area contributed by atoms with E-state index in [0.717, 1.165) is 5.01 Å². The number of amides is 1. The van der Waals surface area contributed by atoms with E-state index in [1.807, 2.05) is 0 Å². The number of benzene rings is 1. The molecule has 0 saturated heterocycles. The number of carbonyl (C=O) groups excluding carboxylic acids is 1. The second-order valence-corrected chi connectivity index (χ2v) is 5.89.